The molecular weight excluding hydrogens is 244 g/mol. The average Bonchev–Trinajstić information content (AvgIpc) is 2.18. The molecule has 3 nitrogen and oxygen atoms in total. The third kappa shape index (κ3) is 3.29. The Hall–Kier alpha value is -0.580. The van der Waals surface area contributed by atoms with Gasteiger partial charge >= 0.3 is 0 Å². The largest absolute Gasteiger partial charge is 0.496 e. The summed E-state index contributed by atoms with van der Waals surface area (Å²) in [5, 5.41) is 3.23. The second kappa shape index (κ2) is 6.01. The first kappa shape index (κ1) is 11.5. The number of hydrogen-bond acceptors (Lipinski definition) is 3. The van der Waals surface area contributed by atoms with Crippen LogP contribution in [-0.4, -0.2) is 20.2 Å². The maximum Gasteiger partial charge on any atom is 0.133 e. The molecule has 0 saturated carbocycles. The van der Waals surface area contributed by atoms with Gasteiger partial charge in [-0.25, -0.2) is 0 Å². The summed E-state index contributed by atoms with van der Waals surface area (Å²) < 4.78 is 6.12. The molecule has 0 aliphatic rings. The molecule has 0 heterocycles. The highest BCUT2D eigenvalue weighted by Gasteiger charge is 2.00. The quantitative estimate of drug-likeness (QED) is 0.788. The van der Waals surface area contributed by atoms with E-state index >= 15 is 0 Å². The molecule has 0 unspecified atom stereocenters. The fourth-order valence-corrected chi connectivity index (χ4v) is 1.74. The van der Waals surface area contributed by atoms with Crippen LogP contribution in [0.1, 0.15) is 5.56 Å². The van der Waals surface area contributed by atoms with Gasteiger partial charge in [0.1, 0.15) is 5.75 Å². The number of ether oxygens (including phenoxy) is 1. The van der Waals surface area contributed by atoms with E-state index in [4.69, 9.17) is 10.5 Å². The fraction of sp³-hybridized carbons (Fsp3) is 0.400. The molecule has 14 heavy (non-hydrogen) atoms. The van der Waals surface area contributed by atoms with Gasteiger partial charge in [0.05, 0.1) is 11.6 Å². The van der Waals surface area contributed by atoms with E-state index in [-0.39, 0.29) is 0 Å². The summed E-state index contributed by atoms with van der Waals surface area (Å²) in [5.41, 5.74) is 6.59. The molecule has 0 spiro atoms. The number of benzene rings is 1. The van der Waals surface area contributed by atoms with Gasteiger partial charge in [0, 0.05) is 19.6 Å². The fourth-order valence-electron chi connectivity index (χ4n) is 1.15. The van der Waals surface area contributed by atoms with Crippen molar-refractivity contribution in [3.63, 3.8) is 0 Å². The van der Waals surface area contributed by atoms with Crippen molar-refractivity contribution in [1.82, 2.24) is 5.32 Å². The van der Waals surface area contributed by atoms with Gasteiger partial charge in [0.25, 0.3) is 0 Å². The molecule has 0 aromatic heterocycles. The van der Waals surface area contributed by atoms with Crippen LogP contribution in [0.25, 0.3) is 0 Å². The monoisotopic (exact) mass is 258 g/mol. The Labute approximate surface area is 92.8 Å². The highest BCUT2D eigenvalue weighted by Crippen LogP contribution is 2.25. The molecule has 0 fully saturated rings. The van der Waals surface area contributed by atoms with Crippen molar-refractivity contribution in [1.29, 1.82) is 0 Å². The molecule has 78 valence electrons. The van der Waals surface area contributed by atoms with Crippen LogP contribution < -0.4 is 15.8 Å². The zero-order valence-corrected chi connectivity index (χ0v) is 9.80. The molecule has 0 saturated heterocycles. The minimum atomic E-state index is 0.664. The summed E-state index contributed by atoms with van der Waals surface area (Å²) in [6, 6.07) is 6.03. The second-order valence-electron chi connectivity index (χ2n) is 2.93. The molecule has 1 rings (SSSR count). The van der Waals surface area contributed by atoms with E-state index in [0.717, 1.165) is 23.3 Å². The maximum absolute atomic E-state index is 5.38. The van der Waals surface area contributed by atoms with Crippen LogP contribution in [0.5, 0.6) is 5.75 Å². The van der Waals surface area contributed by atoms with Crippen LogP contribution in [-0.2, 0) is 6.54 Å². The first-order valence-electron chi connectivity index (χ1n) is 4.51. The van der Waals surface area contributed by atoms with Gasteiger partial charge in [-0.2, -0.15) is 0 Å². The highest BCUT2D eigenvalue weighted by atomic mass is 79.9. The minimum absolute atomic E-state index is 0.664. The van der Waals surface area contributed by atoms with Crippen LogP contribution in [0.4, 0.5) is 0 Å². The number of hydrogen-bond donors (Lipinski definition) is 2. The van der Waals surface area contributed by atoms with Gasteiger partial charge in [-0.05, 0) is 33.6 Å². The Morgan fingerprint density at radius 2 is 2.29 bits per heavy atom. The molecule has 4 heteroatoms. The van der Waals surface area contributed by atoms with Crippen molar-refractivity contribution in [2.24, 2.45) is 5.73 Å². The molecule has 0 aliphatic carbocycles. The first-order chi connectivity index (χ1) is 6.77. The normalized spacial score (nSPS) is 10.2. The lowest BCUT2D eigenvalue weighted by molar-refractivity contribution is 0.412. The lowest BCUT2D eigenvalue weighted by Crippen LogP contribution is -2.21. The summed E-state index contributed by atoms with van der Waals surface area (Å²) >= 11 is 3.44. The van der Waals surface area contributed by atoms with Crippen LogP contribution in [0, 0.1) is 0 Å². The number of nitrogens with two attached hydrogens (primary N) is 1. The lowest BCUT2D eigenvalue weighted by atomic mass is 10.2. The maximum atomic E-state index is 5.38. The SMILES string of the molecule is COc1ccc(CNCCN)cc1Br. The summed E-state index contributed by atoms with van der Waals surface area (Å²) in [4.78, 5) is 0. The van der Waals surface area contributed by atoms with E-state index < -0.39 is 0 Å². The summed E-state index contributed by atoms with van der Waals surface area (Å²) in [6.07, 6.45) is 0. The highest BCUT2D eigenvalue weighted by molar-refractivity contribution is 9.10. The minimum Gasteiger partial charge on any atom is -0.496 e. The van der Waals surface area contributed by atoms with Gasteiger partial charge in [-0.3, -0.25) is 0 Å². The van der Waals surface area contributed by atoms with E-state index in [2.05, 4.69) is 21.2 Å². The summed E-state index contributed by atoms with van der Waals surface area (Å²) in [6.45, 7) is 2.33. The molecular formula is C10H15BrN2O. The molecule has 0 aliphatic heterocycles. The van der Waals surface area contributed by atoms with E-state index in [0.29, 0.717) is 6.54 Å². The summed E-state index contributed by atoms with van der Waals surface area (Å²) in [5.74, 6) is 0.854. The van der Waals surface area contributed by atoms with Gasteiger partial charge in [-0.15, -0.1) is 0 Å². The predicted octanol–water partition coefficient (Wildman–Crippen LogP) is 1.51. The van der Waals surface area contributed by atoms with Crippen molar-refractivity contribution < 1.29 is 4.74 Å². The number of methoxy groups -OCH3 is 1. The molecule has 1 aromatic rings. The van der Waals surface area contributed by atoms with Crippen molar-refractivity contribution in [2.75, 3.05) is 20.2 Å². The van der Waals surface area contributed by atoms with Crippen molar-refractivity contribution in [3.05, 3.63) is 28.2 Å². The van der Waals surface area contributed by atoms with Crippen LogP contribution in [0.15, 0.2) is 22.7 Å². The third-order valence-electron chi connectivity index (χ3n) is 1.87. The second-order valence-corrected chi connectivity index (χ2v) is 3.79. The number of nitrogens with one attached hydrogen (secondary N) is 1. The van der Waals surface area contributed by atoms with Gasteiger partial charge in [0.2, 0.25) is 0 Å². The number of halogens is 1. The van der Waals surface area contributed by atoms with E-state index in [9.17, 15) is 0 Å². The van der Waals surface area contributed by atoms with Gasteiger partial charge < -0.3 is 15.8 Å². The van der Waals surface area contributed by atoms with Gasteiger partial charge in [0.15, 0.2) is 0 Å². The zero-order chi connectivity index (χ0) is 10.4. The van der Waals surface area contributed by atoms with Crippen molar-refractivity contribution in [3.8, 4) is 5.75 Å². The standard InChI is InChI=1S/C10H15BrN2O/c1-14-10-3-2-8(6-9(10)11)7-13-5-4-12/h2-3,6,13H,4-5,7,12H2,1H3. The van der Waals surface area contributed by atoms with Crippen LogP contribution in [0.3, 0.4) is 0 Å². The smallest absolute Gasteiger partial charge is 0.133 e. The molecule has 0 atom stereocenters. The molecule has 0 bridgehead atoms. The molecule has 0 amide bonds. The van der Waals surface area contributed by atoms with Crippen LogP contribution >= 0.6 is 15.9 Å². The summed E-state index contributed by atoms with van der Waals surface area (Å²) in [7, 11) is 1.66. The Morgan fingerprint density at radius 1 is 1.50 bits per heavy atom. The average molecular weight is 259 g/mol. The molecule has 1 aromatic carbocycles. The lowest BCUT2D eigenvalue weighted by Gasteiger charge is -2.06. The van der Waals surface area contributed by atoms with E-state index in [1.54, 1.807) is 7.11 Å². The van der Waals surface area contributed by atoms with E-state index in [1.165, 1.54) is 5.56 Å². The van der Waals surface area contributed by atoms with Crippen molar-refractivity contribution >= 4 is 15.9 Å². The molecule has 0 radical (unpaired) electrons. The first-order valence-corrected chi connectivity index (χ1v) is 5.30. The Balaban J connectivity index is 2.57. The van der Waals surface area contributed by atoms with Crippen molar-refractivity contribution in [2.45, 2.75) is 6.54 Å². The number of rotatable bonds is 5. The Morgan fingerprint density at radius 3 is 2.86 bits per heavy atom. The van der Waals surface area contributed by atoms with E-state index in [1.807, 2.05) is 18.2 Å². The molecule has 3 N–H and O–H groups in total. The van der Waals surface area contributed by atoms with Crippen LogP contribution in [0.2, 0.25) is 0 Å². The zero-order valence-electron chi connectivity index (χ0n) is 8.22. The van der Waals surface area contributed by atoms with Gasteiger partial charge in [-0.1, -0.05) is 6.07 Å². The topological polar surface area (TPSA) is 47.3 Å². The Bertz CT molecular complexity index is 291. The Kier molecular flexibility index (Phi) is 4.93. The third-order valence-corrected chi connectivity index (χ3v) is 2.49. The predicted molar refractivity (Wildman–Crippen MR) is 61.5 cm³/mol.